The van der Waals surface area contributed by atoms with E-state index in [0.29, 0.717) is 11.5 Å². The van der Waals surface area contributed by atoms with Crippen LogP contribution in [0.4, 0.5) is 4.79 Å². The van der Waals surface area contributed by atoms with Crippen LogP contribution in [0.3, 0.4) is 0 Å². The van der Waals surface area contributed by atoms with Gasteiger partial charge in [-0.25, -0.2) is 4.79 Å². The minimum Gasteiger partial charge on any atom is -0.438 e. The van der Waals surface area contributed by atoms with Gasteiger partial charge in [-0.2, -0.15) is 5.06 Å². The smallest absolute Gasteiger partial charge is 0.358 e. The molecule has 1 rings (SSSR count). The van der Waals surface area contributed by atoms with Crippen molar-refractivity contribution < 1.29 is 43.5 Å². The van der Waals surface area contributed by atoms with Crippen LogP contribution in [0, 0.1) is 10.8 Å². The van der Waals surface area contributed by atoms with Crippen molar-refractivity contribution in [1.29, 1.82) is 0 Å². The lowest BCUT2D eigenvalue weighted by Crippen LogP contribution is -2.28. The molecule has 0 radical (unpaired) electrons. The lowest BCUT2D eigenvalue weighted by Gasteiger charge is -2.16. The van der Waals surface area contributed by atoms with Gasteiger partial charge in [-0.3, -0.25) is 19.6 Å². The van der Waals surface area contributed by atoms with Crippen LogP contribution in [0.5, 0.6) is 0 Å². The van der Waals surface area contributed by atoms with Crippen molar-refractivity contribution in [1.82, 2.24) is 5.06 Å². The zero-order valence-electron chi connectivity index (χ0n) is 16.4. The number of carbonyl (C=O) groups excluding carboxylic acids is 4. The van der Waals surface area contributed by atoms with Crippen molar-refractivity contribution in [2.75, 3.05) is 6.79 Å². The molecule has 2 atom stereocenters. The Balaban J connectivity index is 0.000000694. The van der Waals surface area contributed by atoms with Gasteiger partial charge in [0.1, 0.15) is 8.81 Å². The van der Waals surface area contributed by atoms with Crippen LogP contribution in [0.25, 0.3) is 0 Å². The van der Waals surface area contributed by atoms with E-state index in [1.54, 1.807) is 41.5 Å². The van der Waals surface area contributed by atoms with Crippen molar-refractivity contribution in [3.05, 3.63) is 0 Å². The lowest BCUT2D eigenvalue weighted by atomic mass is 9.98. The maximum absolute atomic E-state index is 11.4. The van der Waals surface area contributed by atoms with Gasteiger partial charge in [0.2, 0.25) is 5.91 Å². The molecular weight excluding hydrogens is 381 g/mol. The summed E-state index contributed by atoms with van der Waals surface area (Å²) < 4.78 is 14.2. The molecule has 0 aromatic carbocycles. The number of aliphatic hydroxyl groups is 1. The van der Waals surface area contributed by atoms with E-state index in [1.807, 2.05) is 0 Å². The summed E-state index contributed by atoms with van der Waals surface area (Å²) >= 11 is 0. The van der Waals surface area contributed by atoms with Gasteiger partial charge < -0.3 is 19.1 Å². The van der Waals surface area contributed by atoms with Gasteiger partial charge in [0.25, 0.3) is 0 Å². The number of hydrogen-bond donors (Lipinski definition) is 2. The molecule has 0 aromatic rings. The predicted octanol–water partition coefficient (Wildman–Crippen LogP) is 2.17. The number of rotatable bonds is 4. The largest absolute Gasteiger partial charge is 0.438 e. The number of esters is 2. The summed E-state index contributed by atoms with van der Waals surface area (Å²) in [6, 6.07) is 0. The van der Waals surface area contributed by atoms with E-state index in [-0.39, 0.29) is 13.2 Å². The second kappa shape index (κ2) is 10.7. The molecule has 2 N–H and O–H groups in total. The second-order valence-electron chi connectivity index (χ2n) is 7.73. The summed E-state index contributed by atoms with van der Waals surface area (Å²) in [6.45, 7) is 9.68. The second-order valence-corrected chi connectivity index (χ2v) is 8.63. The van der Waals surface area contributed by atoms with E-state index in [2.05, 4.69) is 4.74 Å². The van der Waals surface area contributed by atoms with Gasteiger partial charge >= 0.3 is 17.6 Å². The molecule has 0 aromatic heterocycles. The molecule has 10 nitrogen and oxygen atoms in total. The van der Waals surface area contributed by atoms with Crippen molar-refractivity contribution in [3.8, 4) is 0 Å². The summed E-state index contributed by atoms with van der Waals surface area (Å²) in [6.07, 6.45) is -0.380. The lowest BCUT2D eigenvalue weighted by molar-refractivity contribution is -0.189. The molecule has 0 spiro atoms. The highest BCUT2D eigenvalue weighted by Crippen LogP contribution is 2.22. The first-order valence-corrected chi connectivity index (χ1v) is 9.07. The Morgan fingerprint density at radius 2 is 1.63 bits per heavy atom. The molecule has 1 aliphatic rings. The highest BCUT2D eigenvalue weighted by atomic mass is 31.1. The van der Waals surface area contributed by atoms with Gasteiger partial charge in [-0.1, -0.05) is 0 Å². The van der Waals surface area contributed by atoms with Crippen molar-refractivity contribution in [2.45, 2.75) is 60.6 Å². The molecular formula is C16H28NO9P. The number of ether oxygens (including phenoxy) is 2. The average Bonchev–Trinajstić information content (AvgIpc) is 2.81. The molecule has 1 aliphatic heterocycles. The maximum atomic E-state index is 11.4. The molecule has 1 fully saturated rings. The van der Waals surface area contributed by atoms with Gasteiger partial charge in [0.15, 0.2) is 13.0 Å². The minimum absolute atomic E-state index is 0.248. The van der Waals surface area contributed by atoms with Crippen molar-refractivity contribution >= 4 is 32.4 Å². The standard InChI is InChI=1S/C12H21O6P.C4H7NO3/c1-11(2,3)8(13)16-7-17-19-10(15)18-9(14)12(4,5)6;6-3-1-2-4(7)5(3)8/h19H,7H2,1-6H3;3,6,8H,1-2H2. The number of hydrogen-bond acceptors (Lipinski definition) is 9. The zero-order chi connectivity index (χ0) is 21.4. The Morgan fingerprint density at radius 3 is 1.96 bits per heavy atom. The van der Waals surface area contributed by atoms with Gasteiger partial charge in [-0.05, 0) is 41.5 Å². The molecule has 2 unspecified atom stereocenters. The first-order chi connectivity index (χ1) is 12.2. The monoisotopic (exact) mass is 409 g/mol. The first kappa shape index (κ1) is 25.4. The number of carbonyl (C=O) groups is 4. The van der Waals surface area contributed by atoms with E-state index in [4.69, 9.17) is 19.6 Å². The van der Waals surface area contributed by atoms with Crippen LogP contribution in [0.2, 0.25) is 0 Å². The number of amides is 1. The van der Waals surface area contributed by atoms with E-state index in [9.17, 15) is 19.2 Å². The number of nitrogens with zero attached hydrogens (tertiary/aromatic N) is 1. The zero-order valence-corrected chi connectivity index (χ0v) is 17.4. The van der Waals surface area contributed by atoms with Crippen molar-refractivity contribution in [2.24, 2.45) is 10.8 Å². The van der Waals surface area contributed by atoms with Crippen LogP contribution in [-0.4, -0.2) is 52.0 Å². The first-order valence-electron chi connectivity index (χ1n) is 8.16. The van der Waals surface area contributed by atoms with E-state index in [1.165, 1.54) is 0 Å². The van der Waals surface area contributed by atoms with Crippen LogP contribution >= 0.6 is 8.81 Å². The molecule has 1 amide bonds. The fourth-order valence-electron chi connectivity index (χ4n) is 1.30. The summed E-state index contributed by atoms with van der Waals surface area (Å²) in [5.74, 6) is -1.46. The average molecular weight is 409 g/mol. The predicted molar refractivity (Wildman–Crippen MR) is 94.6 cm³/mol. The highest BCUT2D eigenvalue weighted by Gasteiger charge is 2.27. The molecule has 11 heteroatoms. The molecule has 1 heterocycles. The third-order valence-electron chi connectivity index (χ3n) is 2.97. The Labute approximate surface area is 160 Å². The fraction of sp³-hybridized carbons (Fsp3) is 0.750. The molecule has 0 saturated carbocycles. The maximum Gasteiger partial charge on any atom is 0.358 e. The topological polar surface area (TPSA) is 140 Å². The summed E-state index contributed by atoms with van der Waals surface area (Å²) in [7, 11) is -0.698. The van der Waals surface area contributed by atoms with Crippen molar-refractivity contribution in [3.63, 3.8) is 0 Å². The van der Waals surface area contributed by atoms with Crippen LogP contribution in [0.15, 0.2) is 0 Å². The Morgan fingerprint density at radius 1 is 1.11 bits per heavy atom. The molecule has 1 saturated heterocycles. The van der Waals surface area contributed by atoms with Gasteiger partial charge in [0, 0.05) is 12.8 Å². The molecule has 156 valence electrons. The summed E-state index contributed by atoms with van der Waals surface area (Å²) in [5, 5.41) is 17.5. The van der Waals surface area contributed by atoms with Gasteiger partial charge in [-0.15, -0.1) is 0 Å². The van der Waals surface area contributed by atoms with E-state index < -0.39 is 49.4 Å². The highest BCUT2D eigenvalue weighted by molar-refractivity contribution is 7.52. The van der Waals surface area contributed by atoms with Crippen LogP contribution < -0.4 is 0 Å². The number of aliphatic hydroxyl groups excluding tert-OH is 1. The summed E-state index contributed by atoms with van der Waals surface area (Å²) in [5.41, 5.74) is -2.17. The number of hydroxylamine groups is 2. The minimum atomic E-state index is -0.970. The SMILES string of the molecule is CC(C)(C)C(=O)OCOPC(=O)OC(=O)C(C)(C)C.O=C1CCC(O)N1O. The third kappa shape index (κ3) is 10.3. The van der Waals surface area contributed by atoms with Crippen LogP contribution in [-0.2, 0) is 28.4 Å². The Hall–Kier alpha value is -1.61. The Kier molecular flexibility index (Phi) is 10.0. The summed E-state index contributed by atoms with van der Waals surface area (Å²) in [4.78, 5) is 44.3. The fourth-order valence-corrected chi connectivity index (χ4v) is 1.67. The van der Waals surface area contributed by atoms with Gasteiger partial charge in [0.05, 0.1) is 10.8 Å². The Bertz CT molecular complexity index is 551. The van der Waals surface area contributed by atoms with Crippen LogP contribution in [0.1, 0.15) is 54.4 Å². The normalized spacial score (nSPS) is 17.6. The molecule has 0 aliphatic carbocycles. The van der Waals surface area contributed by atoms with E-state index >= 15 is 0 Å². The van der Waals surface area contributed by atoms with E-state index in [0.717, 1.165) is 0 Å². The quantitative estimate of drug-likeness (QED) is 0.178. The molecule has 27 heavy (non-hydrogen) atoms. The third-order valence-corrected chi connectivity index (χ3v) is 3.50. The molecule has 0 bridgehead atoms.